The molecule has 1 saturated heterocycles. The topological polar surface area (TPSA) is 36.9 Å². The van der Waals surface area contributed by atoms with E-state index in [4.69, 9.17) is 18.6 Å². The lowest BCUT2D eigenvalue weighted by Gasteiger charge is -2.45. The van der Waals surface area contributed by atoms with Crippen molar-refractivity contribution in [2.75, 3.05) is 6.61 Å². The molecule has 0 bridgehead atoms. The molecule has 0 spiro atoms. The number of halogens is 1. The van der Waals surface area contributed by atoms with E-state index in [1.54, 1.807) is 0 Å². The predicted molar refractivity (Wildman–Crippen MR) is 200 cm³/mol. The van der Waals surface area contributed by atoms with Crippen LogP contribution >= 0.6 is 0 Å². The third-order valence-corrected chi connectivity index (χ3v) is 15.0. The molecule has 0 saturated carbocycles. The molecule has 0 radical (unpaired) electrons. The minimum atomic E-state index is -3.16. The van der Waals surface area contributed by atoms with Crippen molar-refractivity contribution in [1.29, 1.82) is 0 Å². The molecule has 4 nitrogen and oxygen atoms in total. The first kappa shape index (κ1) is 34.3. The van der Waals surface area contributed by atoms with E-state index in [0.717, 1.165) is 27.1 Å². The van der Waals surface area contributed by atoms with Crippen LogP contribution in [0.25, 0.3) is 0 Å². The van der Waals surface area contributed by atoms with Crippen LogP contribution in [0.1, 0.15) is 51.3 Å². The fourth-order valence-corrected chi connectivity index (χ4v) is 12.5. The molecule has 0 aromatic heterocycles. The van der Waals surface area contributed by atoms with E-state index in [2.05, 4.69) is 81.4 Å². The van der Waals surface area contributed by atoms with Gasteiger partial charge >= 0.3 is 0 Å². The van der Waals surface area contributed by atoms with Crippen molar-refractivity contribution in [1.82, 2.24) is 0 Å². The maximum Gasteiger partial charge on any atom is 0.262 e. The summed E-state index contributed by atoms with van der Waals surface area (Å²) in [6, 6.07) is 51.0. The second-order valence-electron chi connectivity index (χ2n) is 14.7. The van der Waals surface area contributed by atoms with Crippen LogP contribution in [-0.4, -0.2) is 39.0 Å². The van der Waals surface area contributed by atoms with Gasteiger partial charge in [-0.15, -0.1) is 0 Å². The van der Waals surface area contributed by atoms with Crippen LogP contribution in [0.5, 0.6) is 0 Å². The Kier molecular flexibility index (Phi) is 9.26. The van der Waals surface area contributed by atoms with E-state index in [1.807, 2.05) is 105 Å². The number of rotatable bonds is 10. The normalized spacial score (nSPS) is 20.6. The zero-order valence-corrected chi connectivity index (χ0v) is 30.4. The van der Waals surface area contributed by atoms with Crippen molar-refractivity contribution >= 4 is 18.7 Å². The molecule has 1 aliphatic carbocycles. The van der Waals surface area contributed by atoms with Gasteiger partial charge in [-0.3, -0.25) is 0 Å². The van der Waals surface area contributed by atoms with Crippen LogP contribution in [0.3, 0.4) is 0 Å². The average molecular weight is 685 g/mol. The summed E-state index contributed by atoms with van der Waals surface area (Å²) in [4.78, 5) is 0. The molecule has 0 N–H and O–H groups in total. The molecular weight excluding hydrogens is 640 g/mol. The molecule has 1 fully saturated rings. The van der Waals surface area contributed by atoms with Crippen molar-refractivity contribution in [3.05, 3.63) is 180 Å². The number of ether oxygens (including phenoxy) is 3. The first-order chi connectivity index (χ1) is 24.1. The molecule has 0 unspecified atom stereocenters. The number of benzene rings is 5. The quantitative estimate of drug-likeness (QED) is 0.109. The van der Waals surface area contributed by atoms with Gasteiger partial charge in [-0.2, -0.15) is 0 Å². The summed E-state index contributed by atoms with van der Waals surface area (Å²) < 4.78 is 45.1. The van der Waals surface area contributed by atoms with E-state index < -0.39 is 38.0 Å². The van der Waals surface area contributed by atoms with Crippen LogP contribution in [0.2, 0.25) is 5.04 Å². The Morgan fingerprint density at radius 1 is 0.620 bits per heavy atom. The molecule has 6 heteroatoms. The van der Waals surface area contributed by atoms with Gasteiger partial charge in [0.1, 0.15) is 29.7 Å². The fraction of sp³-hybridized carbons (Fsp3) is 0.273. The molecule has 256 valence electrons. The van der Waals surface area contributed by atoms with E-state index in [1.165, 1.54) is 0 Å². The molecule has 3 atom stereocenters. The highest BCUT2D eigenvalue weighted by Crippen LogP contribution is 2.48. The van der Waals surface area contributed by atoms with Crippen LogP contribution in [-0.2, 0) is 24.2 Å². The second-order valence-corrected chi connectivity index (χ2v) is 18.9. The minimum Gasteiger partial charge on any atom is -0.395 e. The summed E-state index contributed by atoms with van der Waals surface area (Å²) >= 11 is 0. The smallest absolute Gasteiger partial charge is 0.262 e. The Labute approximate surface area is 296 Å². The summed E-state index contributed by atoms with van der Waals surface area (Å²) in [6.07, 6.45) is -2.37. The molecular formula is C44H45FO4Si. The summed E-state index contributed by atoms with van der Waals surface area (Å²) in [6.45, 7) is 10.3. The Balaban J connectivity index is 1.36. The fourth-order valence-electron chi connectivity index (χ4n) is 7.85. The van der Waals surface area contributed by atoms with Gasteiger partial charge in [0, 0.05) is 5.57 Å². The monoisotopic (exact) mass is 684 g/mol. The maximum atomic E-state index is 17.5. The third-order valence-electron chi connectivity index (χ3n) is 10.0. The summed E-state index contributed by atoms with van der Waals surface area (Å²) in [5.41, 5.74) is 2.21. The van der Waals surface area contributed by atoms with Gasteiger partial charge in [-0.25, -0.2) is 4.39 Å². The standard InChI is InChI=1S/C44H45FO4Si/c1-42(2,3)50(35-27-17-9-18-28-35,36-29-19-10-20-30-36)49-40-38(45)37(39-41(40)48-43(4,5)47-39)31-46-44(32-21-11-6-12-22-32,33-23-13-7-14-24-33)34-25-15-8-16-26-34/h6-30,39-41H,31H2,1-5H3/t39-,40-,41-/m0/s1. The summed E-state index contributed by atoms with van der Waals surface area (Å²) in [5, 5.41) is 1.78. The molecule has 1 aliphatic heterocycles. The van der Waals surface area contributed by atoms with E-state index in [-0.39, 0.29) is 17.5 Å². The summed E-state index contributed by atoms with van der Waals surface area (Å²) in [5.74, 6) is -1.32. The van der Waals surface area contributed by atoms with Crippen LogP contribution in [0.15, 0.2) is 163 Å². The Morgan fingerprint density at radius 2 is 1.02 bits per heavy atom. The molecule has 5 aromatic rings. The molecule has 2 aliphatic rings. The Hall–Kier alpha value is -4.17. The SMILES string of the molecule is CC1(C)O[C@@H]2[C@@H](O[Si](c3ccccc3)(c3ccccc3)C(C)(C)C)C(F)=C(COC(c3ccccc3)(c3ccccc3)c3ccccc3)[C@@H]2O1. The summed E-state index contributed by atoms with van der Waals surface area (Å²) in [7, 11) is -3.16. The lowest BCUT2D eigenvalue weighted by molar-refractivity contribution is -0.154. The van der Waals surface area contributed by atoms with Gasteiger partial charge in [0.2, 0.25) is 0 Å². The van der Waals surface area contributed by atoms with Crippen LogP contribution in [0.4, 0.5) is 4.39 Å². The molecule has 1 heterocycles. The second kappa shape index (κ2) is 13.5. The van der Waals surface area contributed by atoms with Crippen molar-refractivity contribution in [2.45, 2.75) is 69.4 Å². The minimum absolute atomic E-state index is 0.0360. The molecule has 50 heavy (non-hydrogen) atoms. The largest absolute Gasteiger partial charge is 0.395 e. The van der Waals surface area contributed by atoms with Crippen molar-refractivity contribution in [3.63, 3.8) is 0 Å². The van der Waals surface area contributed by atoms with Gasteiger partial charge < -0.3 is 18.6 Å². The lowest BCUT2D eigenvalue weighted by Crippen LogP contribution is -2.68. The van der Waals surface area contributed by atoms with E-state index >= 15 is 4.39 Å². The van der Waals surface area contributed by atoms with Crippen LogP contribution in [0, 0.1) is 0 Å². The Bertz CT molecular complexity index is 1770. The molecule has 5 aromatic carbocycles. The first-order valence-corrected chi connectivity index (χ1v) is 19.3. The van der Waals surface area contributed by atoms with Crippen LogP contribution < -0.4 is 10.4 Å². The van der Waals surface area contributed by atoms with Gasteiger partial charge in [0.15, 0.2) is 5.79 Å². The van der Waals surface area contributed by atoms with Gasteiger partial charge in [-0.05, 0) is 45.9 Å². The zero-order valence-electron chi connectivity index (χ0n) is 29.4. The highest BCUT2D eigenvalue weighted by atomic mass is 28.4. The number of hydrogen-bond acceptors (Lipinski definition) is 4. The van der Waals surface area contributed by atoms with Crippen molar-refractivity contribution in [2.24, 2.45) is 0 Å². The third kappa shape index (κ3) is 5.99. The first-order valence-electron chi connectivity index (χ1n) is 17.4. The Morgan fingerprint density at radius 3 is 1.42 bits per heavy atom. The van der Waals surface area contributed by atoms with E-state index in [9.17, 15) is 0 Å². The number of hydrogen-bond donors (Lipinski definition) is 0. The number of fused-ring (bicyclic) bond motifs is 1. The average Bonchev–Trinajstić information content (AvgIpc) is 3.57. The van der Waals surface area contributed by atoms with Gasteiger partial charge in [0.25, 0.3) is 8.32 Å². The van der Waals surface area contributed by atoms with Crippen molar-refractivity contribution in [3.8, 4) is 0 Å². The highest BCUT2D eigenvalue weighted by molar-refractivity contribution is 6.99. The van der Waals surface area contributed by atoms with Crippen molar-refractivity contribution < 1.29 is 23.0 Å². The van der Waals surface area contributed by atoms with E-state index in [0.29, 0.717) is 5.57 Å². The van der Waals surface area contributed by atoms with Gasteiger partial charge in [0.05, 0.1) is 6.61 Å². The lowest BCUT2D eigenvalue weighted by atomic mass is 9.80. The highest BCUT2D eigenvalue weighted by Gasteiger charge is 2.60. The molecule has 0 amide bonds. The predicted octanol–water partition coefficient (Wildman–Crippen LogP) is 8.70. The zero-order chi connectivity index (χ0) is 35.0. The van der Waals surface area contributed by atoms with Gasteiger partial charge in [-0.1, -0.05) is 172 Å². The maximum absolute atomic E-state index is 17.5. The molecule has 7 rings (SSSR count).